The molecular formula is C16H10BrF4N5O. The predicted molar refractivity (Wildman–Crippen MR) is 92.8 cm³/mol. The average Bonchev–Trinajstić information content (AvgIpc) is 2.96. The van der Waals surface area contributed by atoms with Crippen LogP contribution in [0.25, 0.3) is 5.69 Å². The van der Waals surface area contributed by atoms with Gasteiger partial charge in [-0.2, -0.15) is 18.3 Å². The summed E-state index contributed by atoms with van der Waals surface area (Å²) in [5.41, 5.74) is 4.87. The van der Waals surface area contributed by atoms with Crippen LogP contribution in [0.4, 0.5) is 29.2 Å². The fourth-order valence-electron chi connectivity index (χ4n) is 2.22. The largest absolute Gasteiger partial charge is 0.417 e. The lowest BCUT2D eigenvalue weighted by Gasteiger charge is -2.09. The van der Waals surface area contributed by atoms with E-state index in [9.17, 15) is 22.4 Å². The molecule has 0 atom stereocenters. The fourth-order valence-corrected chi connectivity index (χ4v) is 2.73. The van der Waals surface area contributed by atoms with Gasteiger partial charge in [-0.3, -0.25) is 4.79 Å². The summed E-state index contributed by atoms with van der Waals surface area (Å²) in [5, 5.41) is 6.22. The Hall–Kier alpha value is -2.95. The molecule has 27 heavy (non-hydrogen) atoms. The number of hydrogen-bond acceptors (Lipinski definition) is 4. The van der Waals surface area contributed by atoms with Gasteiger partial charge in [0.05, 0.1) is 11.8 Å². The zero-order valence-corrected chi connectivity index (χ0v) is 14.8. The monoisotopic (exact) mass is 443 g/mol. The molecule has 0 unspecified atom stereocenters. The number of nitrogens with two attached hydrogens (primary N) is 1. The lowest BCUT2D eigenvalue weighted by molar-refractivity contribution is -0.137. The number of nitrogens with zero attached hydrogens (tertiary/aromatic N) is 3. The zero-order chi connectivity index (χ0) is 19.8. The van der Waals surface area contributed by atoms with Crippen molar-refractivity contribution in [2.75, 3.05) is 11.1 Å². The van der Waals surface area contributed by atoms with Gasteiger partial charge in [-0.05, 0) is 40.2 Å². The normalized spacial score (nSPS) is 11.4. The summed E-state index contributed by atoms with van der Waals surface area (Å²) in [5.74, 6) is -1.62. The smallest absolute Gasteiger partial charge is 0.383 e. The number of nitrogens with one attached hydrogen (secondary N) is 1. The first kappa shape index (κ1) is 18.8. The number of hydrogen-bond donors (Lipinski definition) is 2. The number of rotatable bonds is 3. The van der Waals surface area contributed by atoms with Crippen LogP contribution in [-0.2, 0) is 6.18 Å². The summed E-state index contributed by atoms with van der Waals surface area (Å²) in [6.45, 7) is 0. The van der Waals surface area contributed by atoms with E-state index in [0.717, 1.165) is 23.0 Å². The maximum Gasteiger partial charge on any atom is 0.417 e. The molecule has 0 fully saturated rings. The highest BCUT2D eigenvalue weighted by atomic mass is 79.9. The molecule has 0 aliphatic heterocycles. The third-order valence-corrected chi connectivity index (χ3v) is 4.17. The SMILES string of the molecule is Nc1c(C(=O)Nc2ccc(C(F)(F)F)cn2)cnn1-c1c(F)cccc1Br. The summed E-state index contributed by atoms with van der Waals surface area (Å²) in [4.78, 5) is 15.9. The van der Waals surface area contributed by atoms with Crippen molar-refractivity contribution in [3.05, 3.63) is 64.1 Å². The Morgan fingerprint density at radius 3 is 2.52 bits per heavy atom. The Balaban J connectivity index is 1.86. The fraction of sp³-hybridized carbons (Fsp3) is 0.0625. The first-order valence-corrected chi connectivity index (χ1v) is 8.10. The Labute approximate surface area is 158 Å². The molecule has 2 heterocycles. The summed E-state index contributed by atoms with van der Waals surface area (Å²) in [7, 11) is 0. The minimum absolute atomic E-state index is 0.0155. The van der Waals surface area contributed by atoms with E-state index in [4.69, 9.17) is 5.73 Å². The van der Waals surface area contributed by atoms with Gasteiger partial charge in [0, 0.05) is 10.7 Å². The van der Waals surface area contributed by atoms with Crippen molar-refractivity contribution in [1.29, 1.82) is 0 Å². The molecule has 0 radical (unpaired) electrons. The first-order valence-electron chi connectivity index (χ1n) is 7.31. The van der Waals surface area contributed by atoms with Gasteiger partial charge >= 0.3 is 6.18 Å². The molecule has 3 rings (SSSR count). The number of carbonyl (C=O) groups excluding carboxylic acids is 1. The predicted octanol–water partition coefficient (Wildman–Crippen LogP) is 4.02. The van der Waals surface area contributed by atoms with Crippen molar-refractivity contribution in [2.24, 2.45) is 0 Å². The molecule has 0 saturated heterocycles. The van der Waals surface area contributed by atoms with Crippen molar-refractivity contribution in [3.63, 3.8) is 0 Å². The first-order chi connectivity index (χ1) is 12.7. The third-order valence-electron chi connectivity index (χ3n) is 3.53. The van der Waals surface area contributed by atoms with E-state index < -0.39 is 23.5 Å². The van der Waals surface area contributed by atoms with E-state index in [2.05, 4.69) is 31.3 Å². The van der Waals surface area contributed by atoms with Crippen LogP contribution in [0, 0.1) is 5.82 Å². The molecule has 0 bridgehead atoms. The van der Waals surface area contributed by atoms with E-state index >= 15 is 0 Å². The maximum atomic E-state index is 14.1. The topological polar surface area (TPSA) is 85.8 Å². The van der Waals surface area contributed by atoms with Crippen LogP contribution in [0.1, 0.15) is 15.9 Å². The summed E-state index contributed by atoms with van der Waals surface area (Å²) in [6.07, 6.45) is -2.82. The van der Waals surface area contributed by atoms with Gasteiger partial charge in [0.1, 0.15) is 28.7 Å². The molecule has 3 aromatic rings. The van der Waals surface area contributed by atoms with Gasteiger partial charge in [-0.1, -0.05) is 6.07 Å². The molecule has 0 aliphatic carbocycles. The number of para-hydroxylation sites is 1. The van der Waals surface area contributed by atoms with Crippen LogP contribution in [0.3, 0.4) is 0 Å². The Morgan fingerprint density at radius 1 is 1.19 bits per heavy atom. The molecule has 0 spiro atoms. The van der Waals surface area contributed by atoms with Crippen LogP contribution in [-0.4, -0.2) is 20.7 Å². The molecule has 0 aliphatic rings. The highest BCUT2D eigenvalue weighted by molar-refractivity contribution is 9.10. The van der Waals surface area contributed by atoms with Crippen LogP contribution in [0.2, 0.25) is 0 Å². The molecule has 140 valence electrons. The standard InChI is InChI=1S/C16H10BrF4N5O/c17-10-2-1-3-11(18)13(10)26-14(22)9(7-24-26)15(27)25-12-5-4-8(6-23-12)16(19,20)21/h1-7H,22H2,(H,23,25,27). The lowest BCUT2D eigenvalue weighted by atomic mass is 10.2. The van der Waals surface area contributed by atoms with Gasteiger partial charge in [-0.15, -0.1) is 0 Å². The average molecular weight is 444 g/mol. The molecule has 0 saturated carbocycles. The van der Waals surface area contributed by atoms with Crippen LogP contribution in [0.5, 0.6) is 0 Å². The number of pyridine rings is 1. The summed E-state index contributed by atoms with van der Waals surface area (Å²) < 4.78 is 53.1. The highest BCUT2D eigenvalue weighted by Crippen LogP contribution is 2.29. The molecular weight excluding hydrogens is 434 g/mol. The van der Waals surface area contributed by atoms with Crippen molar-refractivity contribution < 1.29 is 22.4 Å². The number of amides is 1. The molecule has 6 nitrogen and oxygen atoms in total. The maximum absolute atomic E-state index is 14.1. The van der Waals surface area contributed by atoms with Crippen molar-refractivity contribution in [2.45, 2.75) is 6.18 Å². The van der Waals surface area contributed by atoms with Crippen LogP contribution >= 0.6 is 15.9 Å². The van der Waals surface area contributed by atoms with Crippen molar-refractivity contribution in [1.82, 2.24) is 14.8 Å². The second kappa shape index (κ2) is 6.99. The lowest BCUT2D eigenvalue weighted by Crippen LogP contribution is -2.15. The van der Waals surface area contributed by atoms with E-state index in [-0.39, 0.29) is 22.9 Å². The number of nitrogen functional groups attached to an aromatic ring is 1. The van der Waals surface area contributed by atoms with E-state index in [1.54, 1.807) is 6.07 Å². The Kier molecular flexibility index (Phi) is 4.87. The van der Waals surface area contributed by atoms with Crippen molar-refractivity contribution in [3.8, 4) is 5.69 Å². The molecule has 11 heteroatoms. The van der Waals surface area contributed by atoms with E-state index in [0.29, 0.717) is 10.7 Å². The van der Waals surface area contributed by atoms with Gasteiger partial charge in [0.25, 0.3) is 5.91 Å². The van der Waals surface area contributed by atoms with E-state index in [1.165, 1.54) is 12.1 Å². The minimum atomic E-state index is -4.53. The Morgan fingerprint density at radius 2 is 1.93 bits per heavy atom. The van der Waals surface area contributed by atoms with Gasteiger partial charge < -0.3 is 11.1 Å². The zero-order valence-electron chi connectivity index (χ0n) is 13.3. The Bertz CT molecular complexity index is 981. The van der Waals surface area contributed by atoms with Crippen molar-refractivity contribution >= 4 is 33.5 Å². The second-order valence-electron chi connectivity index (χ2n) is 5.31. The number of alkyl halides is 3. The van der Waals surface area contributed by atoms with Gasteiger partial charge in [0.15, 0.2) is 0 Å². The van der Waals surface area contributed by atoms with Gasteiger partial charge in [0.2, 0.25) is 0 Å². The number of benzene rings is 1. The summed E-state index contributed by atoms with van der Waals surface area (Å²) in [6, 6.07) is 6.05. The van der Waals surface area contributed by atoms with Crippen LogP contribution < -0.4 is 11.1 Å². The number of aromatic nitrogens is 3. The van der Waals surface area contributed by atoms with E-state index in [1.807, 2.05) is 0 Å². The minimum Gasteiger partial charge on any atom is -0.383 e. The molecule has 2 aromatic heterocycles. The highest BCUT2D eigenvalue weighted by Gasteiger charge is 2.30. The molecule has 1 aromatic carbocycles. The number of anilines is 2. The number of halogens is 5. The second-order valence-corrected chi connectivity index (χ2v) is 6.16. The van der Waals surface area contributed by atoms with Crippen LogP contribution in [0.15, 0.2) is 47.2 Å². The molecule has 1 amide bonds. The van der Waals surface area contributed by atoms with Gasteiger partial charge in [-0.25, -0.2) is 14.1 Å². The molecule has 3 N–H and O–H groups in total. The quantitative estimate of drug-likeness (QED) is 0.598. The summed E-state index contributed by atoms with van der Waals surface area (Å²) >= 11 is 3.18. The third kappa shape index (κ3) is 3.77. The number of carbonyl (C=O) groups is 1.